The highest BCUT2D eigenvalue weighted by molar-refractivity contribution is 14.1. The second-order valence-corrected chi connectivity index (χ2v) is 10.6. The first-order valence-corrected chi connectivity index (χ1v) is 13.2. The van der Waals surface area contributed by atoms with Crippen LogP contribution in [-0.2, 0) is 4.79 Å². The molecule has 0 saturated carbocycles. The fourth-order valence-electron chi connectivity index (χ4n) is 2.66. The van der Waals surface area contributed by atoms with E-state index in [-0.39, 0.29) is 33.1 Å². The average Bonchev–Trinajstić information content (AvgIpc) is 2.82. The number of benzene rings is 1. The van der Waals surface area contributed by atoms with Gasteiger partial charge in [-0.15, -0.1) is 0 Å². The van der Waals surface area contributed by atoms with Crippen LogP contribution in [-0.4, -0.2) is 99.1 Å². The van der Waals surface area contributed by atoms with E-state index in [0.717, 1.165) is 0 Å². The van der Waals surface area contributed by atoms with Crippen LogP contribution in [0.5, 0.6) is 0 Å². The van der Waals surface area contributed by atoms with Gasteiger partial charge in [0.05, 0.1) is 74.7 Å². The summed E-state index contributed by atoms with van der Waals surface area (Å²) in [5.74, 6) is -2.20. The second-order valence-electron chi connectivity index (χ2n) is 7.33. The molecule has 12 nitrogen and oxygen atoms in total. The van der Waals surface area contributed by atoms with Crippen LogP contribution in [0, 0.1) is 10.7 Å². The van der Waals surface area contributed by atoms with Crippen molar-refractivity contribution in [2.24, 2.45) is 0 Å². The molecule has 0 radical (unpaired) electrons. The summed E-state index contributed by atoms with van der Waals surface area (Å²) in [7, 11) is 0. The molecule has 196 valence electrons. The van der Waals surface area contributed by atoms with E-state index in [1.165, 1.54) is 6.92 Å². The van der Waals surface area contributed by atoms with Crippen LogP contribution in [0.2, 0.25) is 0 Å². The van der Waals surface area contributed by atoms with Gasteiger partial charge in [0, 0.05) is 9.14 Å². The molecule has 1 aromatic rings. The smallest absolute Gasteiger partial charge is 0.253 e. The van der Waals surface area contributed by atoms with Gasteiger partial charge in [-0.05, 0) is 74.7 Å². The van der Waals surface area contributed by atoms with Crippen molar-refractivity contribution >= 4 is 91.2 Å². The molecule has 1 aromatic carbocycles. The second kappa shape index (κ2) is 14.9. The molecule has 0 spiro atoms. The maximum Gasteiger partial charge on any atom is 0.253 e. The first-order chi connectivity index (χ1) is 16.4. The third-order valence-electron chi connectivity index (χ3n) is 4.73. The van der Waals surface area contributed by atoms with Gasteiger partial charge in [0.15, 0.2) is 0 Å². The lowest BCUT2D eigenvalue weighted by Gasteiger charge is -2.25. The Labute approximate surface area is 242 Å². The number of aliphatic hydroxyl groups excluding tert-OH is 6. The van der Waals surface area contributed by atoms with Gasteiger partial charge < -0.3 is 46.6 Å². The number of halogens is 3. The highest BCUT2D eigenvalue weighted by Gasteiger charge is 2.32. The predicted molar refractivity (Wildman–Crippen MR) is 151 cm³/mol. The maximum absolute atomic E-state index is 13.2. The summed E-state index contributed by atoms with van der Waals surface area (Å²) in [6.45, 7) is 2.21. The van der Waals surface area contributed by atoms with E-state index in [2.05, 4.69) is 22.5 Å². The Balaban J connectivity index is 3.71. The van der Waals surface area contributed by atoms with E-state index in [9.17, 15) is 34.8 Å². The van der Waals surface area contributed by atoms with Crippen molar-refractivity contribution in [2.75, 3.05) is 31.7 Å². The van der Waals surface area contributed by atoms with Crippen LogP contribution < -0.4 is 16.0 Å². The molecule has 0 heterocycles. The van der Waals surface area contributed by atoms with Crippen LogP contribution in [0.15, 0.2) is 12.2 Å². The van der Waals surface area contributed by atoms with E-state index in [1.54, 1.807) is 67.8 Å². The fourth-order valence-corrected chi connectivity index (χ4v) is 7.07. The number of nitrogens with one attached hydrogen (secondary N) is 3. The molecule has 0 aliphatic heterocycles. The number of aliphatic hydroxyl groups is 6. The lowest BCUT2D eigenvalue weighted by Crippen LogP contribution is -2.48. The van der Waals surface area contributed by atoms with Crippen LogP contribution in [0.1, 0.15) is 27.6 Å². The molecule has 0 aliphatic rings. The van der Waals surface area contributed by atoms with Gasteiger partial charge in [0.25, 0.3) is 17.7 Å². The van der Waals surface area contributed by atoms with E-state index < -0.39 is 68.4 Å². The minimum atomic E-state index is -1.46. The molecule has 9 N–H and O–H groups in total. The largest absolute Gasteiger partial charge is 0.394 e. The summed E-state index contributed by atoms with van der Waals surface area (Å²) < 4.78 is 0.610. The first kappa shape index (κ1) is 32.3. The third-order valence-corrected chi connectivity index (χ3v) is 7.96. The molecule has 1 rings (SSSR count). The number of carbonyl (C=O) groups excluding carboxylic acids is 3. The van der Waals surface area contributed by atoms with Crippen molar-refractivity contribution in [3.05, 3.63) is 34.0 Å². The summed E-state index contributed by atoms with van der Waals surface area (Å²) in [4.78, 5) is 38.7. The van der Waals surface area contributed by atoms with Crippen molar-refractivity contribution < 1.29 is 45.0 Å². The maximum atomic E-state index is 13.2. The van der Waals surface area contributed by atoms with Gasteiger partial charge in [0.1, 0.15) is 0 Å². The molecule has 0 aliphatic carbocycles. The topological polar surface area (TPSA) is 209 Å². The van der Waals surface area contributed by atoms with Crippen molar-refractivity contribution in [2.45, 2.75) is 31.2 Å². The van der Waals surface area contributed by atoms with Crippen molar-refractivity contribution in [3.63, 3.8) is 0 Å². The lowest BCUT2D eigenvalue weighted by atomic mass is 10.0. The Hall–Kier alpha value is -0.680. The Morgan fingerprint density at radius 2 is 1.14 bits per heavy atom. The van der Waals surface area contributed by atoms with Crippen LogP contribution in [0.3, 0.4) is 0 Å². The summed E-state index contributed by atoms with van der Waals surface area (Å²) in [6, 6.07) is -2.44. The fraction of sp³-hybridized carbons (Fsp3) is 0.450. The SMILES string of the molecule is C=C(C)C(=O)Nc1c(I)c(C(=O)NC(CO)C(O)CO)c(I)c(C(=O)NC(CO)C(O)CO)c1I. The first-order valence-electron chi connectivity index (χ1n) is 9.94. The molecule has 0 bridgehead atoms. The van der Waals surface area contributed by atoms with Gasteiger partial charge >= 0.3 is 0 Å². The Morgan fingerprint density at radius 1 is 0.771 bits per heavy atom. The standard InChI is InChI=1S/C20H26I3N3O9/c1-7(2)18(33)26-17-15(22)12(19(34)24-8(3-27)10(31)5-29)14(21)13(16(17)23)20(35)25-9(4-28)11(32)6-30/h8-11,27-32H,1,3-6H2,2H3,(H,24,34)(H,25,35)(H,26,33). The van der Waals surface area contributed by atoms with Gasteiger partial charge in [-0.1, -0.05) is 6.58 Å². The molecular weight excluding hydrogens is 807 g/mol. The highest BCUT2D eigenvalue weighted by Crippen LogP contribution is 2.36. The minimum Gasteiger partial charge on any atom is -0.394 e. The van der Waals surface area contributed by atoms with Gasteiger partial charge in [-0.25, -0.2) is 0 Å². The van der Waals surface area contributed by atoms with E-state index >= 15 is 0 Å². The number of carbonyl (C=O) groups is 3. The van der Waals surface area contributed by atoms with Gasteiger partial charge in [-0.2, -0.15) is 0 Å². The minimum absolute atomic E-state index is 0.0689. The number of rotatable bonds is 12. The van der Waals surface area contributed by atoms with Crippen LogP contribution in [0.4, 0.5) is 5.69 Å². The zero-order valence-electron chi connectivity index (χ0n) is 18.4. The predicted octanol–water partition coefficient (Wildman–Crippen LogP) is -1.10. The van der Waals surface area contributed by atoms with Crippen molar-refractivity contribution in [1.82, 2.24) is 10.6 Å². The quantitative estimate of drug-likeness (QED) is 0.0925. The van der Waals surface area contributed by atoms with E-state index in [1.807, 2.05) is 0 Å². The van der Waals surface area contributed by atoms with Crippen molar-refractivity contribution in [1.29, 1.82) is 0 Å². The molecule has 0 saturated heterocycles. The zero-order chi connectivity index (χ0) is 27.0. The van der Waals surface area contributed by atoms with Crippen LogP contribution in [0.25, 0.3) is 0 Å². The number of anilines is 1. The third kappa shape index (κ3) is 8.15. The van der Waals surface area contributed by atoms with Crippen LogP contribution >= 0.6 is 67.8 Å². The number of hydrogen-bond donors (Lipinski definition) is 9. The number of hydrogen-bond acceptors (Lipinski definition) is 9. The summed E-state index contributed by atoms with van der Waals surface area (Å²) in [6.07, 6.45) is -2.92. The lowest BCUT2D eigenvalue weighted by molar-refractivity contribution is -0.112. The summed E-state index contributed by atoms with van der Waals surface area (Å²) >= 11 is 5.36. The highest BCUT2D eigenvalue weighted by atomic mass is 127. The molecule has 4 atom stereocenters. The normalized spacial score (nSPS) is 14.5. The molecule has 4 unspecified atom stereocenters. The van der Waals surface area contributed by atoms with Gasteiger partial charge in [-0.3, -0.25) is 14.4 Å². The van der Waals surface area contributed by atoms with E-state index in [0.29, 0.717) is 0 Å². The van der Waals surface area contributed by atoms with Gasteiger partial charge in [0.2, 0.25) is 0 Å². The zero-order valence-corrected chi connectivity index (χ0v) is 24.9. The Bertz CT molecular complexity index is 918. The molecule has 0 fully saturated rings. The molecule has 35 heavy (non-hydrogen) atoms. The average molecular weight is 833 g/mol. The van der Waals surface area contributed by atoms with E-state index in [4.69, 9.17) is 10.2 Å². The van der Waals surface area contributed by atoms with Crippen molar-refractivity contribution in [3.8, 4) is 0 Å². The Morgan fingerprint density at radius 3 is 1.43 bits per heavy atom. The monoisotopic (exact) mass is 833 g/mol. The summed E-state index contributed by atoms with van der Waals surface area (Å²) in [5.41, 5.74) is 0.132. The molecule has 3 amide bonds. The molecule has 0 aromatic heterocycles. The Kier molecular flexibility index (Phi) is 13.8. The number of amides is 3. The summed E-state index contributed by atoms with van der Waals surface area (Å²) in [5, 5.41) is 64.4. The molecule has 15 heteroatoms. The molecular formula is C20H26I3N3O9.